The van der Waals surface area contributed by atoms with Gasteiger partial charge in [0.15, 0.2) is 0 Å². The summed E-state index contributed by atoms with van der Waals surface area (Å²) < 4.78 is 5.36. The van der Waals surface area contributed by atoms with Crippen LogP contribution in [0.15, 0.2) is 18.2 Å². The molecule has 2 atom stereocenters. The highest BCUT2D eigenvalue weighted by atomic mass is 35.5. The Balaban J connectivity index is 1.75. The molecule has 1 aromatic rings. The molecule has 2 aliphatic rings. The molecule has 0 heterocycles. The van der Waals surface area contributed by atoms with Crippen LogP contribution in [0.2, 0.25) is 5.02 Å². The molecule has 3 rings (SSSR count). The number of hydrogen-bond donors (Lipinski definition) is 1. The Morgan fingerprint density at radius 1 is 1.43 bits per heavy atom. The second-order valence-electron chi connectivity index (χ2n) is 7.21. The van der Waals surface area contributed by atoms with Gasteiger partial charge in [-0.15, -0.1) is 0 Å². The lowest BCUT2D eigenvalue weighted by atomic mass is 9.79. The molecule has 3 nitrogen and oxygen atoms in total. The molecule has 1 amide bonds. The number of carbonyl (C=O) groups excluding carboxylic acids is 1. The second-order valence-corrected chi connectivity index (χ2v) is 7.65. The van der Waals surface area contributed by atoms with Crippen LogP contribution in [-0.4, -0.2) is 17.7 Å². The summed E-state index contributed by atoms with van der Waals surface area (Å²) in [6.07, 6.45) is 4.05. The van der Waals surface area contributed by atoms with Crippen molar-refractivity contribution < 1.29 is 9.53 Å². The van der Waals surface area contributed by atoms with Gasteiger partial charge in [0.05, 0.1) is 0 Å². The molecule has 0 saturated heterocycles. The Morgan fingerprint density at radius 2 is 2.19 bits per heavy atom. The third kappa shape index (κ3) is 2.89. The first-order valence-corrected chi connectivity index (χ1v) is 7.96. The number of carbonyl (C=O) groups is 1. The fraction of sp³-hybridized carbons (Fsp3) is 0.588. The van der Waals surface area contributed by atoms with Gasteiger partial charge < -0.3 is 10.1 Å². The molecule has 1 N–H and O–H groups in total. The number of hydrogen-bond acceptors (Lipinski definition) is 2. The molecule has 2 aliphatic carbocycles. The van der Waals surface area contributed by atoms with Crippen LogP contribution in [0.4, 0.5) is 4.79 Å². The quantitative estimate of drug-likeness (QED) is 0.844. The number of fused-ring (bicyclic) bond motifs is 2. The van der Waals surface area contributed by atoms with Gasteiger partial charge in [-0.25, -0.2) is 4.79 Å². The normalized spacial score (nSPS) is 27.1. The van der Waals surface area contributed by atoms with E-state index in [4.69, 9.17) is 16.3 Å². The lowest BCUT2D eigenvalue weighted by Gasteiger charge is -2.27. The van der Waals surface area contributed by atoms with Gasteiger partial charge in [-0.05, 0) is 69.7 Å². The van der Waals surface area contributed by atoms with E-state index in [-0.39, 0.29) is 17.6 Å². The van der Waals surface area contributed by atoms with E-state index < -0.39 is 5.60 Å². The van der Waals surface area contributed by atoms with Crippen molar-refractivity contribution >= 4 is 17.7 Å². The lowest BCUT2D eigenvalue weighted by molar-refractivity contribution is 0.0518. The van der Waals surface area contributed by atoms with E-state index in [2.05, 4.69) is 17.4 Å². The van der Waals surface area contributed by atoms with Gasteiger partial charge in [-0.2, -0.15) is 0 Å². The summed E-state index contributed by atoms with van der Waals surface area (Å²) in [5, 5.41) is 3.80. The summed E-state index contributed by atoms with van der Waals surface area (Å²) >= 11 is 6.16. The Morgan fingerprint density at radius 3 is 2.90 bits per heavy atom. The molecule has 1 saturated carbocycles. The monoisotopic (exact) mass is 307 g/mol. The summed E-state index contributed by atoms with van der Waals surface area (Å²) in [5.41, 5.74) is 2.32. The van der Waals surface area contributed by atoms with Crippen molar-refractivity contribution in [1.29, 1.82) is 0 Å². The molecule has 21 heavy (non-hydrogen) atoms. The number of rotatable bonds is 1. The van der Waals surface area contributed by atoms with Crippen LogP contribution < -0.4 is 5.32 Å². The van der Waals surface area contributed by atoms with E-state index in [1.807, 2.05) is 26.8 Å². The largest absolute Gasteiger partial charge is 0.444 e. The summed E-state index contributed by atoms with van der Waals surface area (Å²) in [5.74, 6) is 0. The summed E-state index contributed by atoms with van der Waals surface area (Å²) in [6.45, 7) is 5.64. The fourth-order valence-electron chi connectivity index (χ4n) is 3.48. The summed E-state index contributed by atoms with van der Waals surface area (Å²) in [6, 6.07) is 6.33. The molecule has 114 valence electrons. The molecular weight excluding hydrogens is 286 g/mol. The fourth-order valence-corrected chi connectivity index (χ4v) is 3.65. The van der Waals surface area contributed by atoms with E-state index >= 15 is 0 Å². The number of benzene rings is 1. The van der Waals surface area contributed by atoms with Gasteiger partial charge in [-0.3, -0.25) is 0 Å². The van der Waals surface area contributed by atoms with E-state index in [0.717, 1.165) is 24.3 Å². The predicted octanol–water partition coefficient (Wildman–Crippen LogP) is 4.21. The van der Waals surface area contributed by atoms with Crippen LogP contribution in [0.25, 0.3) is 0 Å². The van der Waals surface area contributed by atoms with Crippen LogP contribution in [0, 0.1) is 0 Å². The molecule has 4 heteroatoms. The third-order valence-corrected chi connectivity index (χ3v) is 4.68. The third-order valence-electron chi connectivity index (χ3n) is 4.44. The zero-order valence-corrected chi connectivity index (χ0v) is 13.6. The molecule has 0 bridgehead atoms. The minimum absolute atomic E-state index is 0.0788. The summed E-state index contributed by atoms with van der Waals surface area (Å²) in [7, 11) is 0. The predicted molar refractivity (Wildman–Crippen MR) is 83.8 cm³/mol. The van der Waals surface area contributed by atoms with Crippen molar-refractivity contribution in [3.8, 4) is 0 Å². The lowest BCUT2D eigenvalue weighted by Crippen LogP contribution is -2.37. The number of amides is 1. The Kier molecular flexibility index (Phi) is 3.44. The number of halogens is 1. The molecule has 0 aromatic heterocycles. The minimum Gasteiger partial charge on any atom is -0.444 e. The maximum Gasteiger partial charge on any atom is 0.407 e. The van der Waals surface area contributed by atoms with Gasteiger partial charge in [0.25, 0.3) is 0 Å². The highest BCUT2D eigenvalue weighted by Crippen LogP contribution is 2.55. The number of nitrogens with one attached hydrogen (secondary N) is 1. The number of aryl methyl sites for hydroxylation is 1. The van der Waals surface area contributed by atoms with Crippen LogP contribution in [-0.2, 0) is 16.6 Å². The van der Waals surface area contributed by atoms with Gasteiger partial charge in [0.1, 0.15) is 5.60 Å². The minimum atomic E-state index is -0.458. The van der Waals surface area contributed by atoms with Crippen molar-refractivity contribution in [1.82, 2.24) is 5.32 Å². The molecule has 0 aliphatic heterocycles. The molecule has 1 aromatic carbocycles. The molecule has 2 unspecified atom stereocenters. The van der Waals surface area contributed by atoms with Crippen molar-refractivity contribution in [2.75, 3.05) is 0 Å². The van der Waals surface area contributed by atoms with Gasteiger partial charge in [0, 0.05) is 16.5 Å². The standard InChI is InChI=1S/C17H22ClNO2/c1-16(2,3)21-15(20)19-14-10-17(14)8-4-5-11-6-7-12(18)9-13(11)17/h6-7,9,14H,4-5,8,10H2,1-3H3,(H,19,20). The first-order valence-electron chi connectivity index (χ1n) is 7.59. The van der Waals surface area contributed by atoms with Crippen molar-refractivity contribution in [2.45, 2.75) is 63.5 Å². The average Bonchev–Trinajstić information content (AvgIpc) is 3.01. The average molecular weight is 308 g/mol. The molecule has 1 fully saturated rings. The molecule has 0 radical (unpaired) electrons. The Hall–Kier alpha value is -1.22. The van der Waals surface area contributed by atoms with E-state index in [1.54, 1.807) is 0 Å². The SMILES string of the molecule is CC(C)(C)OC(=O)NC1CC12CCCc1ccc(Cl)cc12. The first-order chi connectivity index (χ1) is 9.80. The second kappa shape index (κ2) is 4.91. The first kappa shape index (κ1) is 14.7. The Bertz CT molecular complexity index is 579. The number of alkyl carbamates (subject to hydrolysis) is 1. The van der Waals surface area contributed by atoms with Crippen molar-refractivity contribution in [3.63, 3.8) is 0 Å². The van der Waals surface area contributed by atoms with E-state index in [9.17, 15) is 4.79 Å². The maximum absolute atomic E-state index is 12.0. The van der Waals surface area contributed by atoms with E-state index in [1.165, 1.54) is 17.5 Å². The zero-order chi connectivity index (χ0) is 15.3. The maximum atomic E-state index is 12.0. The molecular formula is C17H22ClNO2. The smallest absolute Gasteiger partial charge is 0.407 e. The van der Waals surface area contributed by atoms with Gasteiger partial charge in [-0.1, -0.05) is 17.7 Å². The Labute approximate surface area is 131 Å². The van der Waals surface area contributed by atoms with Gasteiger partial charge >= 0.3 is 6.09 Å². The van der Waals surface area contributed by atoms with Crippen molar-refractivity contribution in [2.24, 2.45) is 0 Å². The number of ether oxygens (including phenoxy) is 1. The highest BCUT2D eigenvalue weighted by Gasteiger charge is 2.57. The zero-order valence-electron chi connectivity index (χ0n) is 12.8. The van der Waals surface area contributed by atoms with Crippen LogP contribution >= 0.6 is 11.6 Å². The van der Waals surface area contributed by atoms with Crippen LogP contribution in [0.1, 0.15) is 51.2 Å². The van der Waals surface area contributed by atoms with E-state index in [0.29, 0.717) is 0 Å². The van der Waals surface area contributed by atoms with Crippen LogP contribution in [0.3, 0.4) is 0 Å². The van der Waals surface area contributed by atoms with Crippen LogP contribution in [0.5, 0.6) is 0 Å². The van der Waals surface area contributed by atoms with Crippen molar-refractivity contribution in [3.05, 3.63) is 34.3 Å². The van der Waals surface area contributed by atoms with Gasteiger partial charge in [0.2, 0.25) is 0 Å². The summed E-state index contributed by atoms with van der Waals surface area (Å²) in [4.78, 5) is 12.0. The highest BCUT2D eigenvalue weighted by molar-refractivity contribution is 6.30. The topological polar surface area (TPSA) is 38.3 Å². The molecule has 1 spiro atoms.